The zero-order chi connectivity index (χ0) is 18.3. The molecule has 7 heteroatoms. The molecule has 0 saturated heterocycles. The molecule has 0 amide bonds. The standard InChI is InChI=1S/C19H11Cl2N3O2/c20-14-9-8-12(11-15(14)21)23-16-6-2-1-5-13(16)18(25)24(19(23)26)17-7-3-4-10-22-17/h1-11H. The summed E-state index contributed by atoms with van der Waals surface area (Å²) in [7, 11) is 0. The third-order valence-corrected chi connectivity index (χ3v) is 4.74. The van der Waals surface area contributed by atoms with E-state index in [-0.39, 0.29) is 5.82 Å². The van der Waals surface area contributed by atoms with Crippen LogP contribution in [0.2, 0.25) is 10.0 Å². The van der Waals surface area contributed by atoms with Crippen molar-refractivity contribution in [3.8, 4) is 11.5 Å². The van der Waals surface area contributed by atoms with Gasteiger partial charge in [-0.15, -0.1) is 0 Å². The molecule has 26 heavy (non-hydrogen) atoms. The minimum absolute atomic E-state index is 0.252. The second-order valence-electron chi connectivity index (χ2n) is 5.56. The second-order valence-corrected chi connectivity index (χ2v) is 6.38. The average molecular weight is 384 g/mol. The SMILES string of the molecule is O=c1c2ccccc2n(-c2ccc(Cl)c(Cl)c2)c(=O)n1-c1ccccn1. The van der Waals surface area contributed by atoms with Gasteiger partial charge in [0.1, 0.15) is 5.82 Å². The lowest BCUT2D eigenvalue weighted by molar-refractivity contribution is 0.814. The molecule has 0 fully saturated rings. The molecule has 0 spiro atoms. The van der Waals surface area contributed by atoms with Gasteiger partial charge in [-0.2, -0.15) is 0 Å². The van der Waals surface area contributed by atoms with Gasteiger partial charge in [-0.3, -0.25) is 9.36 Å². The first-order chi connectivity index (χ1) is 12.6. The van der Waals surface area contributed by atoms with Crippen molar-refractivity contribution in [1.29, 1.82) is 0 Å². The fourth-order valence-electron chi connectivity index (χ4n) is 2.82. The number of benzene rings is 2. The summed E-state index contributed by atoms with van der Waals surface area (Å²) in [5.41, 5.74) is 0.0183. The van der Waals surface area contributed by atoms with Gasteiger partial charge in [0.2, 0.25) is 0 Å². The zero-order valence-corrected chi connectivity index (χ0v) is 14.8. The summed E-state index contributed by atoms with van der Waals surface area (Å²) < 4.78 is 2.47. The maximum absolute atomic E-state index is 13.2. The summed E-state index contributed by atoms with van der Waals surface area (Å²) >= 11 is 12.1. The fraction of sp³-hybridized carbons (Fsp3) is 0. The van der Waals surface area contributed by atoms with Crippen molar-refractivity contribution in [1.82, 2.24) is 14.1 Å². The lowest BCUT2D eigenvalue weighted by atomic mass is 10.2. The van der Waals surface area contributed by atoms with E-state index in [0.717, 1.165) is 4.57 Å². The molecule has 2 aromatic carbocycles. The molecular weight excluding hydrogens is 373 g/mol. The molecule has 5 nitrogen and oxygen atoms in total. The van der Waals surface area contributed by atoms with E-state index in [9.17, 15) is 9.59 Å². The number of hydrogen-bond donors (Lipinski definition) is 0. The summed E-state index contributed by atoms with van der Waals surface area (Å²) in [4.78, 5) is 30.3. The molecule has 2 heterocycles. The molecule has 0 N–H and O–H groups in total. The molecule has 0 saturated carbocycles. The van der Waals surface area contributed by atoms with Crippen LogP contribution < -0.4 is 11.2 Å². The molecule has 0 radical (unpaired) electrons. The van der Waals surface area contributed by atoms with E-state index in [1.165, 1.54) is 10.8 Å². The van der Waals surface area contributed by atoms with Crippen LogP contribution in [0.25, 0.3) is 22.4 Å². The van der Waals surface area contributed by atoms with Crippen molar-refractivity contribution >= 4 is 34.1 Å². The van der Waals surface area contributed by atoms with Gasteiger partial charge in [-0.05, 0) is 42.5 Å². The minimum atomic E-state index is -0.536. The Labute approximate surface area is 157 Å². The van der Waals surface area contributed by atoms with Crippen LogP contribution >= 0.6 is 23.2 Å². The van der Waals surface area contributed by atoms with E-state index in [1.807, 2.05) is 0 Å². The van der Waals surface area contributed by atoms with Crippen molar-refractivity contribution in [3.05, 3.63) is 97.7 Å². The fourth-order valence-corrected chi connectivity index (χ4v) is 3.11. The van der Waals surface area contributed by atoms with Gasteiger partial charge in [0, 0.05) is 6.20 Å². The van der Waals surface area contributed by atoms with Crippen LogP contribution in [0.1, 0.15) is 0 Å². The first-order valence-corrected chi connectivity index (χ1v) is 8.47. The normalized spacial score (nSPS) is 11.0. The highest BCUT2D eigenvalue weighted by Gasteiger charge is 2.16. The number of nitrogens with zero attached hydrogens (tertiary/aromatic N) is 3. The number of fused-ring (bicyclic) bond motifs is 1. The third kappa shape index (κ3) is 2.62. The first kappa shape index (κ1) is 16.6. The number of para-hydroxylation sites is 1. The van der Waals surface area contributed by atoms with E-state index in [0.29, 0.717) is 26.6 Å². The van der Waals surface area contributed by atoms with E-state index in [2.05, 4.69) is 4.98 Å². The summed E-state index contributed by atoms with van der Waals surface area (Å²) in [6, 6.07) is 16.8. The van der Waals surface area contributed by atoms with E-state index >= 15 is 0 Å². The highest BCUT2D eigenvalue weighted by molar-refractivity contribution is 6.42. The highest BCUT2D eigenvalue weighted by Crippen LogP contribution is 2.25. The molecule has 0 bridgehead atoms. The zero-order valence-electron chi connectivity index (χ0n) is 13.3. The van der Waals surface area contributed by atoms with Crippen LogP contribution in [0, 0.1) is 0 Å². The maximum Gasteiger partial charge on any atom is 0.341 e. The van der Waals surface area contributed by atoms with Gasteiger partial charge in [0.15, 0.2) is 0 Å². The van der Waals surface area contributed by atoms with Crippen molar-refractivity contribution in [2.75, 3.05) is 0 Å². The molecule has 0 atom stereocenters. The largest absolute Gasteiger partial charge is 0.341 e. The van der Waals surface area contributed by atoms with Crippen LogP contribution in [-0.2, 0) is 0 Å². The number of hydrogen-bond acceptors (Lipinski definition) is 3. The molecule has 2 aromatic heterocycles. The van der Waals surface area contributed by atoms with E-state index in [4.69, 9.17) is 23.2 Å². The molecular formula is C19H11Cl2N3O2. The summed E-state index contributed by atoms with van der Waals surface area (Å²) in [6.07, 6.45) is 1.53. The van der Waals surface area contributed by atoms with Crippen LogP contribution in [0.15, 0.2) is 76.4 Å². The Morgan fingerprint density at radius 2 is 1.58 bits per heavy atom. The van der Waals surface area contributed by atoms with Gasteiger partial charge in [-0.1, -0.05) is 41.4 Å². The predicted molar refractivity (Wildman–Crippen MR) is 103 cm³/mol. The van der Waals surface area contributed by atoms with Crippen LogP contribution in [0.4, 0.5) is 0 Å². The molecule has 0 unspecified atom stereocenters. The van der Waals surface area contributed by atoms with Gasteiger partial charge >= 0.3 is 5.69 Å². The van der Waals surface area contributed by atoms with E-state index < -0.39 is 11.2 Å². The monoisotopic (exact) mass is 383 g/mol. The van der Waals surface area contributed by atoms with Gasteiger partial charge in [-0.25, -0.2) is 14.3 Å². The van der Waals surface area contributed by atoms with Crippen LogP contribution in [0.5, 0.6) is 0 Å². The molecule has 4 aromatic rings. The number of pyridine rings is 1. The quantitative estimate of drug-likeness (QED) is 0.528. The number of aromatic nitrogens is 3. The van der Waals surface area contributed by atoms with Gasteiger partial charge in [0.05, 0.1) is 26.6 Å². The lowest BCUT2D eigenvalue weighted by Crippen LogP contribution is -2.38. The first-order valence-electron chi connectivity index (χ1n) is 7.71. The van der Waals surface area contributed by atoms with Crippen LogP contribution in [-0.4, -0.2) is 14.1 Å². The number of halogens is 2. The third-order valence-electron chi connectivity index (χ3n) is 4.00. The maximum atomic E-state index is 13.2. The Balaban J connectivity index is 2.18. The second kappa shape index (κ2) is 6.44. The predicted octanol–water partition coefficient (Wildman–Crippen LogP) is 3.84. The van der Waals surface area contributed by atoms with Crippen molar-refractivity contribution in [3.63, 3.8) is 0 Å². The molecule has 0 aliphatic carbocycles. The number of rotatable bonds is 2. The van der Waals surface area contributed by atoms with Crippen molar-refractivity contribution < 1.29 is 0 Å². The Morgan fingerprint density at radius 1 is 0.808 bits per heavy atom. The molecule has 4 rings (SSSR count). The minimum Gasteiger partial charge on any atom is -0.268 e. The summed E-state index contributed by atoms with van der Waals surface area (Å²) in [6.45, 7) is 0. The lowest BCUT2D eigenvalue weighted by Gasteiger charge is -2.14. The Morgan fingerprint density at radius 3 is 2.31 bits per heavy atom. The summed E-state index contributed by atoms with van der Waals surface area (Å²) in [5, 5.41) is 1.09. The molecule has 128 valence electrons. The van der Waals surface area contributed by atoms with Gasteiger partial charge in [0.25, 0.3) is 5.56 Å². The van der Waals surface area contributed by atoms with Crippen molar-refractivity contribution in [2.45, 2.75) is 0 Å². The molecule has 0 aliphatic rings. The van der Waals surface area contributed by atoms with Gasteiger partial charge < -0.3 is 0 Å². The topological polar surface area (TPSA) is 56.9 Å². The summed E-state index contributed by atoms with van der Waals surface area (Å²) in [5.74, 6) is 0.252. The smallest absolute Gasteiger partial charge is 0.268 e. The average Bonchev–Trinajstić information content (AvgIpc) is 2.66. The van der Waals surface area contributed by atoms with Crippen LogP contribution in [0.3, 0.4) is 0 Å². The Bertz CT molecular complexity index is 1250. The van der Waals surface area contributed by atoms with E-state index in [1.54, 1.807) is 60.7 Å². The highest BCUT2D eigenvalue weighted by atomic mass is 35.5. The Kier molecular flexibility index (Phi) is 4.11. The molecule has 0 aliphatic heterocycles. The Hall–Kier alpha value is -2.89. The van der Waals surface area contributed by atoms with Crippen molar-refractivity contribution in [2.24, 2.45) is 0 Å².